The van der Waals surface area contributed by atoms with E-state index < -0.39 is 5.67 Å². The minimum atomic E-state index is -1.17. The summed E-state index contributed by atoms with van der Waals surface area (Å²) < 4.78 is 20.2. The quantitative estimate of drug-likeness (QED) is 0.596. The number of ether oxygens (including phenoxy) is 1. The Morgan fingerprint density at radius 1 is 1.46 bits per heavy atom. The second-order valence-electron chi connectivity index (χ2n) is 7.38. The Hall–Kier alpha value is -1.89. The fourth-order valence-corrected chi connectivity index (χ4v) is 4.80. The van der Waals surface area contributed by atoms with Crippen molar-refractivity contribution in [3.8, 4) is 11.8 Å². The summed E-state index contributed by atoms with van der Waals surface area (Å²) >= 11 is 0. The molecule has 24 heavy (non-hydrogen) atoms. The number of nitriles is 1. The van der Waals surface area contributed by atoms with Crippen LogP contribution in [0.4, 0.5) is 4.39 Å². The van der Waals surface area contributed by atoms with E-state index in [1.165, 1.54) is 18.1 Å². The SMILES string of the molecule is CC(=O)Oc1ccc2c(c1)CCC1C2CC[C@](C)(F)[C@@H]1CCC#N. The summed E-state index contributed by atoms with van der Waals surface area (Å²) in [5.74, 6) is 0.886. The van der Waals surface area contributed by atoms with Crippen LogP contribution in [0.2, 0.25) is 0 Å². The topological polar surface area (TPSA) is 50.1 Å². The van der Waals surface area contributed by atoms with Crippen molar-refractivity contribution in [1.29, 1.82) is 5.26 Å². The fourth-order valence-electron chi connectivity index (χ4n) is 4.80. The van der Waals surface area contributed by atoms with Crippen LogP contribution in [-0.4, -0.2) is 11.6 Å². The first-order valence-electron chi connectivity index (χ1n) is 8.79. The van der Waals surface area contributed by atoms with Crippen LogP contribution in [0.1, 0.15) is 63.0 Å². The highest BCUT2D eigenvalue weighted by Crippen LogP contribution is 2.54. The third-order valence-electron chi connectivity index (χ3n) is 5.84. The molecule has 0 saturated heterocycles. The van der Waals surface area contributed by atoms with Crippen molar-refractivity contribution >= 4 is 5.97 Å². The molecule has 1 aromatic carbocycles. The predicted molar refractivity (Wildman–Crippen MR) is 89.4 cm³/mol. The minimum absolute atomic E-state index is 0.0443. The third kappa shape index (κ3) is 3.17. The number of carbonyl (C=O) groups is 1. The predicted octanol–water partition coefficient (Wildman–Crippen LogP) is 4.70. The number of halogens is 1. The molecule has 0 N–H and O–H groups in total. The molecule has 1 saturated carbocycles. The molecular formula is C20H24FNO2. The first-order valence-corrected chi connectivity index (χ1v) is 8.79. The zero-order chi connectivity index (χ0) is 17.3. The van der Waals surface area contributed by atoms with Gasteiger partial charge in [0.1, 0.15) is 11.4 Å². The van der Waals surface area contributed by atoms with Gasteiger partial charge < -0.3 is 4.74 Å². The Morgan fingerprint density at radius 2 is 2.25 bits per heavy atom. The molecule has 3 rings (SSSR count). The van der Waals surface area contributed by atoms with Crippen molar-refractivity contribution in [2.45, 2.75) is 64.0 Å². The lowest BCUT2D eigenvalue weighted by Crippen LogP contribution is -2.44. The monoisotopic (exact) mass is 329 g/mol. The van der Waals surface area contributed by atoms with Gasteiger partial charge in [-0.15, -0.1) is 0 Å². The molecule has 0 aliphatic heterocycles. The standard InChI is InChI=1S/C20H24FNO2/c1-13(23)24-15-6-8-16-14(12-15)5-7-18-17(16)9-10-20(2,21)19(18)4-3-11-22/h6,8,12,17-19H,3-5,7,9-10H2,1-2H3/t17?,18?,19-,20+/m1/s1. The number of fused-ring (bicyclic) bond motifs is 3. The van der Waals surface area contributed by atoms with E-state index in [1.807, 2.05) is 18.2 Å². The maximum Gasteiger partial charge on any atom is 0.308 e. The van der Waals surface area contributed by atoms with E-state index in [2.05, 4.69) is 6.07 Å². The molecule has 1 fully saturated rings. The Morgan fingerprint density at radius 3 is 2.96 bits per heavy atom. The van der Waals surface area contributed by atoms with Gasteiger partial charge in [-0.05, 0) is 80.0 Å². The number of nitrogens with zero attached hydrogens (tertiary/aromatic N) is 1. The molecule has 2 unspecified atom stereocenters. The van der Waals surface area contributed by atoms with Crippen molar-refractivity contribution in [2.24, 2.45) is 11.8 Å². The largest absolute Gasteiger partial charge is 0.427 e. The van der Waals surface area contributed by atoms with Gasteiger partial charge in [-0.3, -0.25) is 4.79 Å². The average Bonchev–Trinajstić information content (AvgIpc) is 2.52. The maximum atomic E-state index is 15.0. The van der Waals surface area contributed by atoms with Gasteiger partial charge in [0.25, 0.3) is 0 Å². The molecule has 0 bridgehead atoms. The molecule has 4 heteroatoms. The number of carbonyl (C=O) groups excluding carboxylic acids is 1. The lowest BCUT2D eigenvalue weighted by molar-refractivity contribution is -0.131. The molecule has 3 nitrogen and oxygen atoms in total. The minimum Gasteiger partial charge on any atom is -0.427 e. The van der Waals surface area contributed by atoms with Crippen LogP contribution in [0, 0.1) is 23.2 Å². The van der Waals surface area contributed by atoms with Crippen LogP contribution in [0.25, 0.3) is 0 Å². The number of hydrogen-bond donors (Lipinski definition) is 0. The van der Waals surface area contributed by atoms with Gasteiger partial charge in [-0.25, -0.2) is 4.39 Å². The van der Waals surface area contributed by atoms with E-state index in [9.17, 15) is 4.79 Å². The number of alkyl halides is 1. The second-order valence-corrected chi connectivity index (χ2v) is 7.38. The summed E-state index contributed by atoms with van der Waals surface area (Å²) in [6.07, 6.45) is 4.29. The first kappa shape index (κ1) is 17.0. The van der Waals surface area contributed by atoms with E-state index in [0.717, 1.165) is 19.3 Å². The molecule has 4 atom stereocenters. The number of aryl methyl sites for hydroxylation is 1. The van der Waals surface area contributed by atoms with Crippen LogP contribution in [0.3, 0.4) is 0 Å². The summed E-state index contributed by atoms with van der Waals surface area (Å²) in [5, 5.41) is 8.91. The van der Waals surface area contributed by atoms with Gasteiger partial charge in [-0.1, -0.05) is 6.07 Å². The van der Waals surface area contributed by atoms with Crippen LogP contribution >= 0.6 is 0 Å². The zero-order valence-corrected chi connectivity index (χ0v) is 14.3. The lowest BCUT2D eigenvalue weighted by Gasteiger charge is -2.48. The Bertz CT molecular complexity index is 677. The van der Waals surface area contributed by atoms with Crippen molar-refractivity contribution in [1.82, 2.24) is 0 Å². The molecule has 0 radical (unpaired) electrons. The molecule has 128 valence electrons. The average molecular weight is 329 g/mol. The maximum absolute atomic E-state index is 15.0. The smallest absolute Gasteiger partial charge is 0.308 e. The third-order valence-corrected chi connectivity index (χ3v) is 5.84. The zero-order valence-electron chi connectivity index (χ0n) is 14.3. The Labute approximate surface area is 142 Å². The molecule has 1 aromatic rings. The number of rotatable bonds is 3. The molecule has 2 aliphatic carbocycles. The summed E-state index contributed by atoms with van der Waals surface area (Å²) in [4.78, 5) is 11.1. The summed E-state index contributed by atoms with van der Waals surface area (Å²) in [6, 6.07) is 8.03. The van der Waals surface area contributed by atoms with Gasteiger partial charge in [-0.2, -0.15) is 5.26 Å². The van der Waals surface area contributed by atoms with Gasteiger partial charge in [0, 0.05) is 13.3 Å². The fraction of sp³-hybridized carbons (Fsp3) is 0.600. The van der Waals surface area contributed by atoms with Crippen LogP contribution in [-0.2, 0) is 11.2 Å². The van der Waals surface area contributed by atoms with Gasteiger partial charge in [0.15, 0.2) is 0 Å². The van der Waals surface area contributed by atoms with Crippen molar-refractivity contribution in [2.75, 3.05) is 0 Å². The van der Waals surface area contributed by atoms with Crippen molar-refractivity contribution in [3.05, 3.63) is 29.3 Å². The van der Waals surface area contributed by atoms with Gasteiger partial charge >= 0.3 is 5.97 Å². The first-order chi connectivity index (χ1) is 11.4. The van der Waals surface area contributed by atoms with E-state index in [1.54, 1.807) is 6.92 Å². The van der Waals surface area contributed by atoms with Crippen molar-refractivity contribution in [3.63, 3.8) is 0 Å². The number of hydrogen-bond acceptors (Lipinski definition) is 3. The van der Waals surface area contributed by atoms with Crippen LogP contribution in [0.15, 0.2) is 18.2 Å². The lowest BCUT2D eigenvalue weighted by atomic mass is 9.58. The molecule has 2 aliphatic rings. The summed E-state index contributed by atoms with van der Waals surface area (Å²) in [7, 11) is 0. The van der Waals surface area contributed by atoms with Gasteiger partial charge in [0.2, 0.25) is 0 Å². The number of benzene rings is 1. The van der Waals surface area contributed by atoms with Crippen LogP contribution in [0.5, 0.6) is 5.75 Å². The van der Waals surface area contributed by atoms with E-state index in [0.29, 0.717) is 36.8 Å². The number of esters is 1. The highest BCUT2D eigenvalue weighted by Gasteiger charge is 2.48. The Kier molecular flexibility index (Phi) is 4.62. The molecule has 0 heterocycles. The van der Waals surface area contributed by atoms with Gasteiger partial charge in [0.05, 0.1) is 6.07 Å². The van der Waals surface area contributed by atoms with E-state index >= 15 is 4.39 Å². The highest BCUT2D eigenvalue weighted by atomic mass is 19.1. The Balaban J connectivity index is 1.87. The molecule has 0 amide bonds. The molecular weight excluding hydrogens is 305 g/mol. The van der Waals surface area contributed by atoms with Crippen LogP contribution < -0.4 is 4.74 Å². The second kappa shape index (κ2) is 6.55. The summed E-state index contributed by atoms with van der Waals surface area (Å²) in [5.41, 5.74) is 1.32. The summed E-state index contributed by atoms with van der Waals surface area (Å²) in [6.45, 7) is 3.11. The molecule has 0 aromatic heterocycles. The van der Waals surface area contributed by atoms with Crippen molar-refractivity contribution < 1.29 is 13.9 Å². The van der Waals surface area contributed by atoms with E-state index in [4.69, 9.17) is 10.00 Å². The molecule has 0 spiro atoms. The normalized spacial score (nSPS) is 31.5. The highest BCUT2D eigenvalue weighted by molar-refractivity contribution is 5.69. The van der Waals surface area contributed by atoms with E-state index in [-0.39, 0.29) is 11.9 Å².